The van der Waals surface area contributed by atoms with Crippen LogP contribution < -0.4 is 14.5 Å². The van der Waals surface area contributed by atoms with E-state index in [0.717, 1.165) is 4.90 Å². The first-order valence-electron chi connectivity index (χ1n) is 17.0. The number of halogens is 7. The van der Waals surface area contributed by atoms with E-state index in [4.69, 9.17) is 27.9 Å². The lowest BCUT2D eigenvalue weighted by Crippen LogP contribution is -2.60. The summed E-state index contributed by atoms with van der Waals surface area (Å²) in [7, 11) is 1.21. The summed E-state index contributed by atoms with van der Waals surface area (Å²) < 4.78 is 79.0. The highest BCUT2D eigenvalue weighted by Crippen LogP contribution is 2.66. The monoisotopic (exact) mass is 810 g/mol. The maximum Gasteiger partial charge on any atom is 0.258 e. The number of hydrogen-bond acceptors (Lipinski definition) is 7. The van der Waals surface area contributed by atoms with Crippen molar-refractivity contribution in [3.63, 3.8) is 0 Å². The zero-order chi connectivity index (χ0) is 40.2. The third kappa shape index (κ3) is 4.94. The molecule has 2 heterocycles. The molecule has 0 aromatic heterocycles. The molecule has 3 fully saturated rings. The number of amides is 4. The molecule has 56 heavy (non-hydrogen) atoms. The molecule has 0 spiro atoms. The number of carbonyl (C=O) groups is 5. The van der Waals surface area contributed by atoms with Crippen LogP contribution in [-0.4, -0.2) is 51.4 Å². The van der Waals surface area contributed by atoms with Crippen LogP contribution in [0.2, 0.25) is 0 Å². The van der Waals surface area contributed by atoms with Crippen LogP contribution in [0.3, 0.4) is 0 Å². The standard InChI is InChI=1S/C40H25Cl2F5N2O7/c1-56-25-15-19(9-14-24(25)50)27-21-12-13-22-26(36(53)48(35(22)52)20-10-7-18(8-11-20)34(51)17-5-3-2-4-6-17)23(21)16-39(41)37(54)49(38(55)40(27,39)42)33-31(46)29(44)28(43)30(45)32(33)47/h2-12,14-15,22-23,26-27,50H,13,16H2,1H3/t22-,23+,26-,27-,39+,40-/m0/s1. The summed E-state index contributed by atoms with van der Waals surface area (Å²) in [5.41, 5.74) is -0.784. The van der Waals surface area contributed by atoms with E-state index in [2.05, 4.69) is 0 Å². The lowest BCUT2D eigenvalue weighted by atomic mass is 9.56. The van der Waals surface area contributed by atoms with E-state index in [9.17, 15) is 42.3 Å². The first kappa shape index (κ1) is 37.3. The van der Waals surface area contributed by atoms with Crippen molar-refractivity contribution in [2.45, 2.75) is 28.5 Å². The molecule has 4 aromatic carbocycles. The molecule has 1 N–H and O–H groups in total. The third-order valence-electron chi connectivity index (χ3n) is 11.2. The summed E-state index contributed by atoms with van der Waals surface area (Å²) in [5.74, 6) is -22.8. The number of aromatic hydroxyl groups is 1. The van der Waals surface area contributed by atoms with E-state index < -0.39 is 98.2 Å². The molecule has 2 aliphatic carbocycles. The van der Waals surface area contributed by atoms with Gasteiger partial charge in [-0.3, -0.25) is 28.9 Å². The first-order valence-corrected chi connectivity index (χ1v) is 17.8. The Labute approximate surface area is 323 Å². The molecule has 4 amide bonds. The molecule has 286 valence electrons. The van der Waals surface area contributed by atoms with Gasteiger partial charge in [-0.25, -0.2) is 26.9 Å². The Balaban J connectivity index is 1.24. The number of phenols is 1. The van der Waals surface area contributed by atoms with E-state index in [-0.39, 0.29) is 51.0 Å². The van der Waals surface area contributed by atoms with Crippen molar-refractivity contribution in [1.82, 2.24) is 0 Å². The van der Waals surface area contributed by atoms with Crippen LogP contribution >= 0.6 is 23.2 Å². The molecule has 2 aliphatic heterocycles. The maximum absolute atomic E-state index is 15.3. The molecule has 8 rings (SSSR count). The average molecular weight is 812 g/mol. The van der Waals surface area contributed by atoms with Gasteiger partial charge < -0.3 is 9.84 Å². The summed E-state index contributed by atoms with van der Waals surface area (Å²) in [4.78, 5) is 65.5. The second kappa shape index (κ2) is 13.0. The van der Waals surface area contributed by atoms with Crippen molar-refractivity contribution in [3.8, 4) is 11.5 Å². The average Bonchev–Trinajstić information content (AvgIpc) is 3.54. The summed E-state index contributed by atoms with van der Waals surface area (Å²) in [5, 5.41) is 10.4. The third-order valence-corrected chi connectivity index (χ3v) is 12.6. The SMILES string of the molecule is COc1cc([C@H]2C3=CC[C@@H]4C(=O)N(c5ccc(C(=O)c6ccccc6)cc5)C(=O)[C@@H]4[C@@H]3C[C@@]3(Cl)C(=O)N(c4c(F)c(F)c(F)c(F)c4F)C(=O)[C@@]23Cl)ccc1O. The molecule has 6 atom stereocenters. The van der Waals surface area contributed by atoms with Gasteiger partial charge in [-0.1, -0.05) is 48.0 Å². The number of nitrogens with zero attached hydrogens (tertiary/aromatic N) is 2. The number of allylic oxidation sites excluding steroid dienone is 2. The molecule has 0 bridgehead atoms. The lowest BCUT2D eigenvalue weighted by Gasteiger charge is -2.50. The molecule has 0 radical (unpaired) electrons. The second-order valence-corrected chi connectivity index (χ2v) is 15.1. The predicted octanol–water partition coefficient (Wildman–Crippen LogP) is 7.10. The fourth-order valence-corrected chi connectivity index (χ4v) is 9.52. The van der Waals surface area contributed by atoms with Gasteiger partial charge in [-0.2, -0.15) is 0 Å². The number of ketones is 1. The summed E-state index contributed by atoms with van der Waals surface area (Å²) in [6.07, 6.45) is 0.774. The minimum atomic E-state index is -2.74. The number of alkyl halides is 2. The number of phenolic OH excluding ortho intramolecular Hbond substituents is 1. The number of rotatable bonds is 6. The van der Waals surface area contributed by atoms with Crippen molar-refractivity contribution >= 4 is 64.0 Å². The highest BCUT2D eigenvalue weighted by Gasteiger charge is 2.77. The number of methoxy groups -OCH3 is 1. The molecule has 0 unspecified atom stereocenters. The fourth-order valence-electron chi connectivity index (χ4n) is 8.59. The van der Waals surface area contributed by atoms with Crippen LogP contribution in [0.4, 0.5) is 33.3 Å². The zero-order valence-electron chi connectivity index (χ0n) is 28.7. The Morgan fingerprint density at radius 3 is 2.00 bits per heavy atom. The molecule has 4 aromatic rings. The van der Waals surface area contributed by atoms with E-state index in [1.165, 1.54) is 49.6 Å². The normalized spacial score (nSPS) is 26.9. The summed E-state index contributed by atoms with van der Waals surface area (Å²) in [6.45, 7) is 0. The number of fused-ring (bicyclic) bond motifs is 4. The number of ether oxygens (including phenoxy) is 1. The number of imide groups is 2. The summed E-state index contributed by atoms with van der Waals surface area (Å²) in [6, 6.07) is 17.9. The molecule has 4 aliphatic rings. The van der Waals surface area contributed by atoms with Gasteiger partial charge >= 0.3 is 0 Å². The summed E-state index contributed by atoms with van der Waals surface area (Å²) >= 11 is 14.3. The first-order chi connectivity index (χ1) is 26.6. The van der Waals surface area contributed by atoms with Gasteiger partial charge in [0, 0.05) is 17.0 Å². The van der Waals surface area contributed by atoms with Crippen molar-refractivity contribution in [3.05, 3.63) is 130 Å². The molecule has 2 saturated heterocycles. The van der Waals surface area contributed by atoms with Crippen LogP contribution in [-0.2, 0) is 19.2 Å². The van der Waals surface area contributed by atoms with E-state index in [1.54, 1.807) is 36.4 Å². The van der Waals surface area contributed by atoms with Crippen molar-refractivity contribution in [2.24, 2.45) is 17.8 Å². The lowest BCUT2D eigenvalue weighted by molar-refractivity contribution is -0.125. The van der Waals surface area contributed by atoms with Crippen molar-refractivity contribution in [1.29, 1.82) is 0 Å². The molecule has 16 heteroatoms. The van der Waals surface area contributed by atoms with Crippen LogP contribution in [0.25, 0.3) is 0 Å². The molecular weight excluding hydrogens is 786 g/mol. The van der Waals surface area contributed by atoms with Gasteiger partial charge in [0.1, 0.15) is 5.69 Å². The van der Waals surface area contributed by atoms with Gasteiger partial charge in [0.2, 0.25) is 17.6 Å². The van der Waals surface area contributed by atoms with Crippen molar-refractivity contribution < 1.29 is 55.8 Å². The van der Waals surface area contributed by atoms with Crippen LogP contribution in [0.15, 0.2) is 84.4 Å². The fraction of sp³-hybridized carbons (Fsp3) is 0.225. The zero-order valence-corrected chi connectivity index (χ0v) is 30.2. The Morgan fingerprint density at radius 1 is 0.768 bits per heavy atom. The predicted molar refractivity (Wildman–Crippen MR) is 190 cm³/mol. The number of carbonyl (C=O) groups excluding carboxylic acids is 5. The number of anilines is 2. The molecule has 9 nitrogen and oxygen atoms in total. The number of benzene rings is 4. The van der Waals surface area contributed by atoms with E-state index in [1.807, 2.05) is 0 Å². The topological polar surface area (TPSA) is 121 Å². The second-order valence-electron chi connectivity index (χ2n) is 13.9. The van der Waals surface area contributed by atoms with Crippen molar-refractivity contribution in [2.75, 3.05) is 16.9 Å². The van der Waals surface area contributed by atoms with Gasteiger partial charge in [0.15, 0.2) is 50.3 Å². The highest BCUT2D eigenvalue weighted by molar-refractivity contribution is 6.58. The van der Waals surface area contributed by atoms with E-state index in [0.29, 0.717) is 5.56 Å². The Morgan fingerprint density at radius 2 is 1.38 bits per heavy atom. The van der Waals surface area contributed by atoms with Crippen LogP contribution in [0, 0.1) is 46.8 Å². The minimum Gasteiger partial charge on any atom is -0.504 e. The number of hydrogen-bond donors (Lipinski definition) is 1. The van der Waals surface area contributed by atoms with E-state index >= 15 is 8.78 Å². The van der Waals surface area contributed by atoms with Gasteiger partial charge in [0.25, 0.3) is 11.8 Å². The Hall–Kier alpha value is -5.60. The van der Waals surface area contributed by atoms with Gasteiger partial charge in [0.05, 0.1) is 24.6 Å². The smallest absolute Gasteiger partial charge is 0.258 e. The van der Waals surface area contributed by atoms with Gasteiger partial charge in [-0.15, -0.1) is 23.2 Å². The molecular formula is C40H25Cl2F5N2O7. The Bertz CT molecular complexity index is 2440. The Kier molecular flexibility index (Phi) is 8.66. The largest absolute Gasteiger partial charge is 0.504 e. The quantitative estimate of drug-likeness (QED) is 0.0420. The minimum absolute atomic E-state index is 0.0572. The highest BCUT2D eigenvalue weighted by atomic mass is 35.5. The maximum atomic E-state index is 15.3. The van der Waals surface area contributed by atoms with Crippen LogP contribution in [0.5, 0.6) is 11.5 Å². The van der Waals surface area contributed by atoms with Gasteiger partial charge in [-0.05, 0) is 60.7 Å². The van der Waals surface area contributed by atoms with Crippen LogP contribution in [0.1, 0.15) is 40.2 Å². The molecule has 1 saturated carbocycles.